The summed E-state index contributed by atoms with van der Waals surface area (Å²) in [6, 6.07) is 0. The van der Waals surface area contributed by atoms with Crippen LogP contribution in [0, 0.1) is 0 Å². The van der Waals surface area contributed by atoms with Crippen LogP contribution in [0.25, 0.3) is 11.2 Å². The molecular formula is C28H52N5O5P. The van der Waals surface area contributed by atoms with E-state index < -0.39 is 7.60 Å². The molecule has 224 valence electrons. The van der Waals surface area contributed by atoms with Gasteiger partial charge in [-0.15, -0.1) is 0 Å². The van der Waals surface area contributed by atoms with Crippen LogP contribution in [0.1, 0.15) is 110 Å². The summed E-state index contributed by atoms with van der Waals surface area (Å²) < 4.78 is 30.6. The normalized spacial score (nSPS) is 14.1. The highest BCUT2D eigenvalue weighted by Gasteiger charge is 2.21. The van der Waals surface area contributed by atoms with Gasteiger partial charge in [0.1, 0.15) is 18.2 Å². The van der Waals surface area contributed by atoms with Crippen molar-refractivity contribution in [2.24, 2.45) is 0 Å². The van der Waals surface area contributed by atoms with E-state index in [9.17, 15) is 9.46 Å². The molecule has 11 heteroatoms. The predicted octanol–water partition coefficient (Wildman–Crippen LogP) is 6.86. The summed E-state index contributed by atoms with van der Waals surface area (Å²) >= 11 is 0. The second kappa shape index (κ2) is 20.3. The van der Waals surface area contributed by atoms with Crippen LogP contribution in [0.2, 0.25) is 0 Å². The molecule has 0 fully saturated rings. The third kappa shape index (κ3) is 15.1. The first kappa shape index (κ1) is 33.6. The molecule has 0 aliphatic rings. The molecule has 2 atom stereocenters. The number of imidazole rings is 1. The van der Waals surface area contributed by atoms with Crippen molar-refractivity contribution in [2.75, 3.05) is 31.9 Å². The second-order valence-electron chi connectivity index (χ2n) is 10.5. The van der Waals surface area contributed by atoms with Gasteiger partial charge in [0.25, 0.3) is 0 Å². The lowest BCUT2D eigenvalue weighted by Gasteiger charge is -2.17. The lowest BCUT2D eigenvalue weighted by atomic mass is 10.1. The molecule has 0 bridgehead atoms. The van der Waals surface area contributed by atoms with Gasteiger partial charge in [-0.25, -0.2) is 15.0 Å². The van der Waals surface area contributed by atoms with Crippen molar-refractivity contribution in [3.63, 3.8) is 0 Å². The molecule has 3 N–H and O–H groups in total. The summed E-state index contributed by atoms with van der Waals surface area (Å²) in [4.78, 5) is 22.4. The molecule has 2 heterocycles. The van der Waals surface area contributed by atoms with Crippen LogP contribution in [0.5, 0.6) is 0 Å². The van der Waals surface area contributed by atoms with Gasteiger partial charge in [0.2, 0.25) is 0 Å². The van der Waals surface area contributed by atoms with Gasteiger partial charge in [-0.3, -0.25) is 4.57 Å². The first-order chi connectivity index (χ1) is 18.9. The number of aromatic nitrogens is 4. The molecule has 2 rings (SSSR count). The number of anilines is 1. The maximum Gasteiger partial charge on any atom is 0.353 e. The fraction of sp³-hybridized carbons (Fsp3) is 0.821. The summed E-state index contributed by atoms with van der Waals surface area (Å²) in [6.07, 6.45) is 21.0. The third-order valence-electron chi connectivity index (χ3n) is 6.77. The summed E-state index contributed by atoms with van der Waals surface area (Å²) in [5.41, 5.74) is 6.93. The largest absolute Gasteiger partial charge is 0.382 e. The maximum absolute atomic E-state index is 12.3. The van der Waals surface area contributed by atoms with Gasteiger partial charge in [0, 0.05) is 13.2 Å². The minimum Gasteiger partial charge on any atom is -0.382 e. The highest BCUT2D eigenvalue weighted by molar-refractivity contribution is 7.52. The van der Waals surface area contributed by atoms with Gasteiger partial charge in [-0.05, 0) is 32.6 Å². The summed E-state index contributed by atoms with van der Waals surface area (Å²) in [6.45, 7) is 6.27. The fourth-order valence-electron chi connectivity index (χ4n) is 4.46. The monoisotopic (exact) mass is 569 g/mol. The predicted molar refractivity (Wildman–Crippen MR) is 157 cm³/mol. The third-order valence-corrected chi connectivity index (χ3v) is 7.84. The lowest BCUT2D eigenvalue weighted by Crippen LogP contribution is -2.17. The Morgan fingerprint density at radius 2 is 1.44 bits per heavy atom. The number of hydrogen-bond acceptors (Lipinski definition) is 8. The van der Waals surface area contributed by atoms with Gasteiger partial charge in [0.15, 0.2) is 11.5 Å². The van der Waals surface area contributed by atoms with Gasteiger partial charge < -0.3 is 29.2 Å². The number of ether oxygens (including phenoxy) is 2. The molecule has 39 heavy (non-hydrogen) atoms. The van der Waals surface area contributed by atoms with Crippen LogP contribution in [0.3, 0.4) is 0 Å². The molecular weight excluding hydrogens is 517 g/mol. The van der Waals surface area contributed by atoms with E-state index in [1.807, 2.05) is 6.92 Å². The zero-order valence-electron chi connectivity index (χ0n) is 24.3. The lowest BCUT2D eigenvalue weighted by molar-refractivity contribution is 0.0713. The number of nitrogen functional groups attached to an aromatic ring is 1. The number of nitrogens with zero attached hydrogens (tertiary/aromatic N) is 4. The Balaban J connectivity index is 1.38. The van der Waals surface area contributed by atoms with Crippen molar-refractivity contribution in [2.45, 2.75) is 123 Å². The molecule has 0 aliphatic carbocycles. The van der Waals surface area contributed by atoms with Crippen LogP contribution in [-0.4, -0.2) is 56.7 Å². The van der Waals surface area contributed by atoms with Crippen LogP contribution in [-0.2, 0) is 25.1 Å². The first-order valence-corrected chi connectivity index (χ1v) is 16.8. The number of nitrogens with two attached hydrogens (primary N) is 1. The molecule has 0 radical (unpaired) electrons. The Morgan fingerprint density at radius 1 is 0.872 bits per heavy atom. The van der Waals surface area contributed by atoms with Gasteiger partial charge >= 0.3 is 7.60 Å². The fourth-order valence-corrected chi connectivity index (χ4v) is 5.39. The van der Waals surface area contributed by atoms with Crippen LogP contribution in [0.15, 0.2) is 12.7 Å². The van der Waals surface area contributed by atoms with E-state index in [-0.39, 0.29) is 19.1 Å². The van der Waals surface area contributed by atoms with Crippen molar-refractivity contribution >= 4 is 24.6 Å². The molecule has 10 nitrogen and oxygen atoms in total. The Kier molecular flexibility index (Phi) is 17.5. The minimum absolute atomic E-state index is 0.229. The number of unbranched alkanes of at least 4 members (excludes halogenated alkanes) is 13. The zero-order valence-corrected chi connectivity index (χ0v) is 25.2. The molecule has 0 aliphatic heterocycles. The number of fused-ring (bicyclic) bond motifs is 1. The van der Waals surface area contributed by atoms with E-state index in [2.05, 4.69) is 21.9 Å². The Bertz CT molecular complexity index is 944. The van der Waals surface area contributed by atoms with Crippen LogP contribution < -0.4 is 5.73 Å². The average Bonchev–Trinajstić information content (AvgIpc) is 3.32. The molecule has 0 saturated heterocycles. The van der Waals surface area contributed by atoms with Crippen molar-refractivity contribution in [3.05, 3.63) is 12.7 Å². The topological polar surface area (TPSA) is 135 Å². The van der Waals surface area contributed by atoms with E-state index in [0.717, 1.165) is 32.5 Å². The molecule has 0 amide bonds. The maximum atomic E-state index is 12.3. The van der Waals surface area contributed by atoms with Crippen LogP contribution >= 0.6 is 7.60 Å². The van der Waals surface area contributed by atoms with E-state index in [4.69, 9.17) is 19.7 Å². The van der Waals surface area contributed by atoms with Gasteiger partial charge in [-0.2, -0.15) is 0 Å². The number of rotatable bonds is 25. The Labute approximate surface area is 235 Å². The Hall–Kier alpha value is -1.58. The summed E-state index contributed by atoms with van der Waals surface area (Å²) in [5, 5.41) is 0. The van der Waals surface area contributed by atoms with Crippen LogP contribution in [0.4, 0.5) is 5.82 Å². The highest BCUT2D eigenvalue weighted by Crippen LogP contribution is 2.42. The van der Waals surface area contributed by atoms with Gasteiger partial charge in [-0.1, -0.05) is 77.6 Å². The van der Waals surface area contributed by atoms with E-state index in [0.29, 0.717) is 29.9 Å². The molecule has 2 aromatic rings. The molecule has 2 aromatic heterocycles. The van der Waals surface area contributed by atoms with E-state index in [1.165, 1.54) is 77.0 Å². The first-order valence-electron chi connectivity index (χ1n) is 15.0. The number of hydrogen-bond donors (Lipinski definition) is 2. The van der Waals surface area contributed by atoms with E-state index >= 15 is 0 Å². The minimum atomic E-state index is -3.81. The van der Waals surface area contributed by atoms with Crippen molar-refractivity contribution < 1.29 is 23.5 Å². The summed E-state index contributed by atoms with van der Waals surface area (Å²) in [5.74, 6) is 0.312. The second-order valence-corrected chi connectivity index (χ2v) is 12.3. The SMILES string of the molecule is CCCCCCCCCCCCCCOCCCCCOP(=O)(O)COC(C)Cn1cnc2c(N)ncnc21. The van der Waals surface area contributed by atoms with Gasteiger partial charge in [0.05, 0.1) is 25.6 Å². The summed E-state index contributed by atoms with van der Waals surface area (Å²) in [7, 11) is -3.81. The zero-order chi connectivity index (χ0) is 28.2. The smallest absolute Gasteiger partial charge is 0.353 e. The standard InChI is InChI=1S/C28H52N5O5P/c1-3-4-5-6-7-8-9-10-11-12-13-15-18-36-19-16-14-17-20-38-39(34,35)24-37-25(2)21-33-23-32-26-27(29)30-22-31-28(26)33/h22-23,25H,3-21,24H2,1-2H3,(H,34,35)(H2,29,30,31). The van der Waals surface area contributed by atoms with E-state index in [1.54, 1.807) is 10.9 Å². The van der Waals surface area contributed by atoms with Crippen molar-refractivity contribution in [3.8, 4) is 0 Å². The van der Waals surface area contributed by atoms with Crippen molar-refractivity contribution in [1.82, 2.24) is 19.5 Å². The van der Waals surface area contributed by atoms with Crippen molar-refractivity contribution in [1.29, 1.82) is 0 Å². The molecule has 0 aromatic carbocycles. The molecule has 0 saturated carbocycles. The Morgan fingerprint density at radius 3 is 2.08 bits per heavy atom. The molecule has 0 spiro atoms. The molecule has 2 unspecified atom stereocenters. The quantitative estimate of drug-likeness (QED) is 0.0971. The highest BCUT2D eigenvalue weighted by atomic mass is 31.2. The average molecular weight is 570 g/mol.